The van der Waals surface area contributed by atoms with Crippen LogP contribution in [0.4, 0.5) is 0 Å². The zero-order chi connectivity index (χ0) is 12.3. The van der Waals surface area contributed by atoms with E-state index in [1.54, 1.807) is 11.3 Å². The summed E-state index contributed by atoms with van der Waals surface area (Å²) in [5.41, 5.74) is 3.42. The summed E-state index contributed by atoms with van der Waals surface area (Å²) in [4.78, 5) is 8.74. The number of nitrogens with zero attached hydrogens (tertiary/aromatic N) is 2. The van der Waals surface area contributed by atoms with Crippen molar-refractivity contribution in [3.05, 3.63) is 45.7 Å². The summed E-state index contributed by atoms with van der Waals surface area (Å²) >= 11 is 1.70. The van der Waals surface area contributed by atoms with E-state index >= 15 is 0 Å². The third kappa shape index (κ3) is 3.11. The van der Waals surface area contributed by atoms with Crippen molar-refractivity contribution >= 4 is 11.3 Å². The molecule has 17 heavy (non-hydrogen) atoms. The van der Waals surface area contributed by atoms with E-state index in [-0.39, 0.29) is 0 Å². The first kappa shape index (κ1) is 12.2. The Balaban J connectivity index is 2.22. The first-order valence-corrected chi connectivity index (χ1v) is 6.58. The van der Waals surface area contributed by atoms with Gasteiger partial charge in [-0.1, -0.05) is 0 Å². The third-order valence-electron chi connectivity index (χ3n) is 2.72. The fourth-order valence-electron chi connectivity index (χ4n) is 1.98. The van der Waals surface area contributed by atoms with Crippen molar-refractivity contribution in [1.29, 1.82) is 0 Å². The molecule has 1 atom stereocenters. The lowest BCUT2D eigenvalue weighted by atomic mass is 10.0. The van der Waals surface area contributed by atoms with Crippen LogP contribution in [0.15, 0.2) is 23.7 Å². The number of aryl methyl sites for hydroxylation is 2. The smallest absolute Gasteiger partial charge is 0.0943 e. The van der Waals surface area contributed by atoms with Crippen molar-refractivity contribution in [2.75, 3.05) is 7.05 Å². The predicted molar refractivity (Wildman–Crippen MR) is 71.3 cm³/mol. The Labute approximate surface area is 106 Å². The number of hydrogen-bond donors (Lipinski definition) is 1. The van der Waals surface area contributed by atoms with Crippen molar-refractivity contribution < 1.29 is 0 Å². The number of nitrogens with one attached hydrogen (secondary N) is 1. The quantitative estimate of drug-likeness (QED) is 0.902. The molecule has 4 heteroatoms. The maximum atomic E-state index is 4.41. The molecular weight excluding hydrogens is 230 g/mol. The highest BCUT2D eigenvalue weighted by atomic mass is 32.1. The molecule has 0 saturated carbocycles. The van der Waals surface area contributed by atoms with E-state index in [1.165, 1.54) is 5.56 Å². The summed E-state index contributed by atoms with van der Waals surface area (Å²) in [5, 5.41) is 6.53. The Morgan fingerprint density at radius 1 is 1.29 bits per heavy atom. The molecule has 2 aromatic heterocycles. The molecule has 0 bridgehead atoms. The topological polar surface area (TPSA) is 37.8 Å². The summed E-state index contributed by atoms with van der Waals surface area (Å²) in [6.45, 7) is 4.07. The van der Waals surface area contributed by atoms with Crippen LogP contribution < -0.4 is 5.32 Å². The van der Waals surface area contributed by atoms with E-state index in [0.717, 1.165) is 22.8 Å². The molecule has 0 spiro atoms. The lowest BCUT2D eigenvalue weighted by Crippen LogP contribution is -2.19. The van der Waals surface area contributed by atoms with Crippen molar-refractivity contribution in [1.82, 2.24) is 15.3 Å². The lowest BCUT2D eigenvalue weighted by molar-refractivity contribution is 0.588. The van der Waals surface area contributed by atoms with Crippen LogP contribution in [0.3, 0.4) is 0 Å². The number of hydrogen-bond acceptors (Lipinski definition) is 4. The summed E-state index contributed by atoms with van der Waals surface area (Å²) in [5.74, 6) is 0. The third-order valence-corrected chi connectivity index (χ3v) is 3.52. The van der Waals surface area contributed by atoms with Gasteiger partial charge >= 0.3 is 0 Å². The fraction of sp³-hybridized carbons (Fsp3) is 0.385. The molecule has 0 aromatic carbocycles. The minimum absolute atomic E-state index is 0.307. The van der Waals surface area contributed by atoms with E-state index in [1.807, 2.05) is 32.5 Å². The van der Waals surface area contributed by atoms with Crippen LogP contribution in [0.1, 0.15) is 28.0 Å². The van der Waals surface area contributed by atoms with Crippen LogP contribution in [0.5, 0.6) is 0 Å². The maximum Gasteiger partial charge on any atom is 0.0943 e. The molecular formula is C13H17N3S. The summed E-state index contributed by atoms with van der Waals surface area (Å²) in [7, 11) is 1.99. The summed E-state index contributed by atoms with van der Waals surface area (Å²) in [6, 6.07) is 4.59. The molecule has 2 heterocycles. The molecule has 0 amide bonds. The molecule has 3 nitrogen and oxygen atoms in total. The summed E-state index contributed by atoms with van der Waals surface area (Å²) in [6.07, 6.45) is 2.78. The minimum atomic E-state index is 0.307. The molecule has 1 unspecified atom stereocenters. The highest BCUT2D eigenvalue weighted by molar-refractivity contribution is 7.09. The predicted octanol–water partition coefficient (Wildman–Crippen LogP) is 2.66. The molecule has 0 radical (unpaired) electrons. The highest BCUT2D eigenvalue weighted by Gasteiger charge is 2.12. The van der Waals surface area contributed by atoms with Crippen LogP contribution in [-0.4, -0.2) is 17.0 Å². The van der Waals surface area contributed by atoms with Crippen LogP contribution in [0, 0.1) is 13.8 Å². The Hall–Kier alpha value is -1.26. The van der Waals surface area contributed by atoms with E-state index in [2.05, 4.69) is 27.4 Å². The van der Waals surface area contributed by atoms with Gasteiger partial charge in [0.25, 0.3) is 0 Å². The van der Waals surface area contributed by atoms with Gasteiger partial charge in [0, 0.05) is 35.4 Å². The Kier molecular flexibility index (Phi) is 3.86. The standard InChI is InChI=1S/C13H17N3S/c1-9-6-11(7-10(2)16-9)12(14-3)8-13-15-4-5-17-13/h4-7,12,14H,8H2,1-3H3. The molecule has 0 aliphatic carbocycles. The molecule has 1 N–H and O–H groups in total. The second-order valence-corrected chi connectivity index (χ2v) is 5.13. The number of likely N-dealkylation sites (N-methyl/N-ethyl adjacent to an activating group) is 1. The van der Waals surface area contributed by atoms with Gasteiger partial charge in [0.15, 0.2) is 0 Å². The van der Waals surface area contributed by atoms with E-state index in [9.17, 15) is 0 Å². The van der Waals surface area contributed by atoms with Gasteiger partial charge in [-0.3, -0.25) is 4.98 Å². The monoisotopic (exact) mass is 247 g/mol. The van der Waals surface area contributed by atoms with Crippen molar-refractivity contribution in [3.8, 4) is 0 Å². The Morgan fingerprint density at radius 3 is 2.53 bits per heavy atom. The number of thiazole rings is 1. The van der Waals surface area contributed by atoms with Gasteiger partial charge in [-0.05, 0) is 38.6 Å². The van der Waals surface area contributed by atoms with Gasteiger partial charge in [0.2, 0.25) is 0 Å². The Morgan fingerprint density at radius 2 is 2.00 bits per heavy atom. The molecule has 2 aromatic rings. The zero-order valence-electron chi connectivity index (χ0n) is 10.4. The van der Waals surface area contributed by atoms with Crippen LogP contribution >= 0.6 is 11.3 Å². The zero-order valence-corrected chi connectivity index (χ0v) is 11.2. The SMILES string of the molecule is CNC(Cc1nccs1)c1cc(C)nc(C)c1. The van der Waals surface area contributed by atoms with Gasteiger partial charge in [0.05, 0.1) is 5.01 Å². The molecule has 0 fully saturated rings. The Bertz CT molecular complexity index is 459. The molecule has 0 aliphatic rings. The number of rotatable bonds is 4. The van der Waals surface area contributed by atoms with Gasteiger partial charge in [-0.15, -0.1) is 11.3 Å². The van der Waals surface area contributed by atoms with Crippen LogP contribution in [0.25, 0.3) is 0 Å². The van der Waals surface area contributed by atoms with Gasteiger partial charge in [-0.25, -0.2) is 4.98 Å². The van der Waals surface area contributed by atoms with E-state index in [4.69, 9.17) is 0 Å². The first-order valence-electron chi connectivity index (χ1n) is 5.70. The molecule has 90 valence electrons. The minimum Gasteiger partial charge on any atom is -0.313 e. The maximum absolute atomic E-state index is 4.41. The lowest BCUT2D eigenvalue weighted by Gasteiger charge is -2.16. The molecule has 0 saturated heterocycles. The van der Waals surface area contributed by atoms with Crippen LogP contribution in [0.2, 0.25) is 0 Å². The number of aromatic nitrogens is 2. The second-order valence-electron chi connectivity index (χ2n) is 4.15. The highest BCUT2D eigenvalue weighted by Crippen LogP contribution is 2.20. The average molecular weight is 247 g/mol. The second kappa shape index (κ2) is 5.38. The van der Waals surface area contributed by atoms with E-state index < -0.39 is 0 Å². The van der Waals surface area contributed by atoms with Gasteiger partial charge in [-0.2, -0.15) is 0 Å². The first-order chi connectivity index (χ1) is 8.19. The van der Waals surface area contributed by atoms with Crippen LogP contribution in [-0.2, 0) is 6.42 Å². The molecule has 0 aliphatic heterocycles. The van der Waals surface area contributed by atoms with Gasteiger partial charge in [0.1, 0.15) is 0 Å². The van der Waals surface area contributed by atoms with Crippen molar-refractivity contribution in [2.45, 2.75) is 26.3 Å². The summed E-state index contributed by atoms with van der Waals surface area (Å²) < 4.78 is 0. The number of pyridine rings is 1. The average Bonchev–Trinajstić information content (AvgIpc) is 2.77. The fourth-order valence-corrected chi connectivity index (χ4v) is 2.65. The van der Waals surface area contributed by atoms with Crippen molar-refractivity contribution in [3.63, 3.8) is 0 Å². The van der Waals surface area contributed by atoms with E-state index in [0.29, 0.717) is 6.04 Å². The normalized spacial score (nSPS) is 12.6. The van der Waals surface area contributed by atoms with Gasteiger partial charge < -0.3 is 5.32 Å². The largest absolute Gasteiger partial charge is 0.313 e. The molecule has 2 rings (SSSR count). The van der Waals surface area contributed by atoms with Crippen molar-refractivity contribution in [2.24, 2.45) is 0 Å².